The van der Waals surface area contributed by atoms with Gasteiger partial charge in [-0.25, -0.2) is 0 Å². The Balaban J connectivity index is 1.28. The monoisotopic (exact) mass is 408 g/mol. The van der Waals surface area contributed by atoms with Crippen LogP contribution in [0.4, 0.5) is 5.69 Å². The van der Waals surface area contributed by atoms with Crippen LogP contribution in [-0.4, -0.2) is 65.1 Å². The molecular formula is C24H32N4O2. The second kappa shape index (κ2) is 9.58. The van der Waals surface area contributed by atoms with Gasteiger partial charge in [0.15, 0.2) is 0 Å². The molecule has 160 valence electrons. The van der Waals surface area contributed by atoms with Gasteiger partial charge < -0.3 is 15.0 Å². The van der Waals surface area contributed by atoms with E-state index in [0.29, 0.717) is 6.04 Å². The number of benzene rings is 1. The molecule has 2 saturated heterocycles. The lowest BCUT2D eigenvalue weighted by molar-refractivity contribution is -0.0704. The maximum atomic E-state index is 12.9. The zero-order valence-electron chi connectivity index (χ0n) is 18.0. The Bertz CT molecular complexity index is 809. The van der Waals surface area contributed by atoms with Crippen LogP contribution >= 0.6 is 0 Å². The normalized spacial score (nSPS) is 23.3. The number of rotatable bonds is 5. The summed E-state index contributed by atoms with van der Waals surface area (Å²) in [5.41, 5.74) is 3.07. The number of carbonyl (C=O) groups is 1. The number of ether oxygens (including phenoxy) is 1. The van der Waals surface area contributed by atoms with Gasteiger partial charge in [-0.3, -0.25) is 14.7 Å². The van der Waals surface area contributed by atoms with Crippen molar-refractivity contribution >= 4 is 11.6 Å². The van der Waals surface area contributed by atoms with Crippen molar-refractivity contribution < 1.29 is 9.53 Å². The van der Waals surface area contributed by atoms with E-state index in [4.69, 9.17) is 4.74 Å². The fourth-order valence-corrected chi connectivity index (χ4v) is 4.52. The molecule has 0 saturated carbocycles. The summed E-state index contributed by atoms with van der Waals surface area (Å²) in [6.07, 6.45) is 6.06. The van der Waals surface area contributed by atoms with Crippen molar-refractivity contribution in [3.63, 3.8) is 0 Å². The number of pyridine rings is 1. The standard InChI is InChI=1S/C24H32N4O2/c1-18-15-27(16-19(2)30-18)17-20-5-7-21(8-6-20)24(29)28-12-9-22(10-13-28)26-23-4-3-11-25-14-23/h3-8,11,14,18-19,22,26H,9-10,12-13,15-17H2,1-2H3/t18-,19-/m1/s1. The highest BCUT2D eigenvalue weighted by molar-refractivity contribution is 5.94. The topological polar surface area (TPSA) is 57.7 Å². The van der Waals surface area contributed by atoms with Crippen LogP contribution in [0.3, 0.4) is 0 Å². The van der Waals surface area contributed by atoms with Crippen LogP contribution in [0.5, 0.6) is 0 Å². The van der Waals surface area contributed by atoms with Crippen molar-refractivity contribution in [2.24, 2.45) is 0 Å². The quantitative estimate of drug-likeness (QED) is 0.822. The number of morpholine rings is 1. The second-order valence-corrected chi connectivity index (χ2v) is 8.60. The van der Waals surface area contributed by atoms with E-state index in [2.05, 4.69) is 41.2 Å². The molecule has 0 radical (unpaired) electrons. The number of piperidine rings is 1. The van der Waals surface area contributed by atoms with E-state index in [9.17, 15) is 4.79 Å². The van der Waals surface area contributed by atoms with Crippen LogP contribution in [0.15, 0.2) is 48.8 Å². The molecule has 6 nitrogen and oxygen atoms in total. The number of carbonyl (C=O) groups excluding carboxylic acids is 1. The smallest absolute Gasteiger partial charge is 0.253 e. The average molecular weight is 409 g/mol. The zero-order chi connectivity index (χ0) is 20.9. The third kappa shape index (κ3) is 5.37. The number of nitrogens with one attached hydrogen (secondary N) is 1. The van der Waals surface area contributed by atoms with E-state index in [1.54, 1.807) is 6.20 Å². The number of nitrogens with zero attached hydrogens (tertiary/aromatic N) is 3. The summed E-state index contributed by atoms with van der Waals surface area (Å²) in [5, 5.41) is 3.52. The van der Waals surface area contributed by atoms with E-state index >= 15 is 0 Å². The van der Waals surface area contributed by atoms with Gasteiger partial charge in [-0.1, -0.05) is 12.1 Å². The fraction of sp³-hybridized carbons (Fsp3) is 0.500. The number of hydrogen-bond donors (Lipinski definition) is 1. The number of anilines is 1. The molecular weight excluding hydrogens is 376 g/mol. The lowest BCUT2D eigenvalue weighted by Gasteiger charge is -2.35. The molecule has 3 heterocycles. The predicted octanol–water partition coefficient (Wildman–Crippen LogP) is 3.41. The molecule has 1 N–H and O–H groups in total. The summed E-state index contributed by atoms with van der Waals surface area (Å²) in [7, 11) is 0. The Morgan fingerprint density at radius 2 is 1.80 bits per heavy atom. The minimum atomic E-state index is 0.134. The number of hydrogen-bond acceptors (Lipinski definition) is 5. The van der Waals surface area contributed by atoms with Crippen molar-refractivity contribution in [1.82, 2.24) is 14.8 Å². The van der Waals surface area contributed by atoms with Crippen LogP contribution in [0.25, 0.3) is 0 Å². The van der Waals surface area contributed by atoms with Gasteiger partial charge in [-0.15, -0.1) is 0 Å². The molecule has 0 spiro atoms. The molecule has 1 aromatic carbocycles. The van der Waals surface area contributed by atoms with Gasteiger partial charge >= 0.3 is 0 Å². The van der Waals surface area contributed by atoms with Crippen molar-refractivity contribution in [2.75, 3.05) is 31.5 Å². The highest BCUT2D eigenvalue weighted by Gasteiger charge is 2.24. The molecule has 0 aliphatic carbocycles. The lowest BCUT2D eigenvalue weighted by Crippen LogP contribution is -2.44. The first-order chi connectivity index (χ1) is 14.6. The highest BCUT2D eigenvalue weighted by atomic mass is 16.5. The number of likely N-dealkylation sites (tertiary alicyclic amines) is 1. The summed E-state index contributed by atoms with van der Waals surface area (Å²) in [6.45, 7) is 8.61. The van der Waals surface area contributed by atoms with E-state index in [1.165, 1.54) is 5.56 Å². The third-order valence-electron chi connectivity index (χ3n) is 5.92. The summed E-state index contributed by atoms with van der Waals surface area (Å²) >= 11 is 0. The predicted molar refractivity (Wildman–Crippen MR) is 119 cm³/mol. The van der Waals surface area contributed by atoms with Crippen LogP contribution in [-0.2, 0) is 11.3 Å². The van der Waals surface area contributed by atoms with Crippen molar-refractivity contribution in [2.45, 2.75) is 51.5 Å². The van der Waals surface area contributed by atoms with Crippen LogP contribution in [0.2, 0.25) is 0 Å². The van der Waals surface area contributed by atoms with Gasteiger partial charge in [-0.05, 0) is 56.5 Å². The van der Waals surface area contributed by atoms with Crippen molar-refractivity contribution in [3.05, 3.63) is 59.9 Å². The molecule has 4 rings (SSSR count). The summed E-state index contributed by atoms with van der Waals surface area (Å²) in [5.74, 6) is 0.134. The summed E-state index contributed by atoms with van der Waals surface area (Å²) in [4.78, 5) is 21.5. The first kappa shape index (κ1) is 20.8. The Labute approximate surface area is 179 Å². The maximum Gasteiger partial charge on any atom is 0.253 e. The highest BCUT2D eigenvalue weighted by Crippen LogP contribution is 2.19. The first-order valence-corrected chi connectivity index (χ1v) is 11.0. The molecule has 30 heavy (non-hydrogen) atoms. The maximum absolute atomic E-state index is 12.9. The molecule has 2 aromatic rings. The zero-order valence-corrected chi connectivity index (χ0v) is 18.0. The van der Waals surface area contributed by atoms with Gasteiger partial charge in [0.05, 0.1) is 17.9 Å². The van der Waals surface area contributed by atoms with E-state index in [-0.39, 0.29) is 18.1 Å². The number of aromatic nitrogens is 1. The Morgan fingerprint density at radius 1 is 1.10 bits per heavy atom. The molecule has 6 heteroatoms. The second-order valence-electron chi connectivity index (χ2n) is 8.60. The average Bonchev–Trinajstić information content (AvgIpc) is 2.74. The Kier molecular flexibility index (Phi) is 6.65. The van der Waals surface area contributed by atoms with Crippen LogP contribution < -0.4 is 5.32 Å². The molecule has 0 unspecified atom stereocenters. The van der Waals surface area contributed by atoms with Crippen molar-refractivity contribution in [3.8, 4) is 0 Å². The van der Waals surface area contributed by atoms with Gasteiger partial charge in [0.1, 0.15) is 0 Å². The Hall–Kier alpha value is -2.44. The van der Waals surface area contributed by atoms with Gasteiger partial charge in [-0.2, -0.15) is 0 Å². The van der Waals surface area contributed by atoms with E-state index in [0.717, 1.165) is 56.8 Å². The lowest BCUT2D eigenvalue weighted by atomic mass is 10.0. The van der Waals surface area contributed by atoms with Gasteiger partial charge in [0, 0.05) is 56.7 Å². The Morgan fingerprint density at radius 3 is 2.43 bits per heavy atom. The minimum Gasteiger partial charge on any atom is -0.381 e. The molecule has 2 aliphatic heterocycles. The van der Waals surface area contributed by atoms with Gasteiger partial charge in [0.25, 0.3) is 5.91 Å². The van der Waals surface area contributed by atoms with Crippen LogP contribution in [0.1, 0.15) is 42.6 Å². The molecule has 2 fully saturated rings. The first-order valence-electron chi connectivity index (χ1n) is 11.0. The van der Waals surface area contributed by atoms with E-state index in [1.807, 2.05) is 35.4 Å². The van der Waals surface area contributed by atoms with Crippen LogP contribution in [0, 0.1) is 0 Å². The minimum absolute atomic E-state index is 0.134. The molecule has 2 atom stereocenters. The summed E-state index contributed by atoms with van der Waals surface area (Å²) in [6, 6.07) is 12.5. The number of amides is 1. The SMILES string of the molecule is C[C@@H]1CN(Cc2ccc(C(=O)N3CCC(Nc4cccnc4)CC3)cc2)C[C@@H](C)O1. The molecule has 1 aromatic heterocycles. The summed E-state index contributed by atoms with van der Waals surface area (Å²) < 4.78 is 5.81. The molecule has 1 amide bonds. The fourth-order valence-electron chi connectivity index (χ4n) is 4.52. The van der Waals surface area contributed by atoms with Crippen molar-refractivity contribution in [1.29, 1.82) is 0 Å². The van der Waals surface area contributed by atoms with Gasteiger partial charge in [0.2, 0.25) is 0 Å². The molecule has 0 bridgehead atoms. The van der Waals surface area contributed by atoms with E-state index < -0.39 is 0 Å². The molecule has 2 aliphatic rings. The largest absolute Gasteiger partial charge is 0.381 e. The third-order valence-corrected chi connectivity index (χ3v) is 5.92.